The van der Waals surface area contributed by atoms with Crippen LogP contribution in [-0.4, -0.2) is 6.54 Å². The summed E-state index contributed by atoms with van der Waals surface area (Å²) in [7, 11) is 0. The first kappa shape index (κ1) is 12.7. The first-order valence-corrected chi connectivity index (χ1v) is 6.11. The first-order chi connectivity index (χ1) is 6.85. The minimum atomic E-state index is 0.187. The lowest BCUT2D eigenvalue weighted by Crippen LogP contribution is -2.25. The van der Waals surface area contributed by atoms with E-state index in [2.05, 4.69) is 55.8 Å². The van der Waals surface area contributed by atoms with Crippen molar-refractivity contribution < 1.29 is 0 Å². The van der Waals surface area contributed by atoms with Crippen LogP contribution < -0.4 is 5.73 Å². The number of rotatable bonds is 3. The summed E-state index contributed by atoms with van der Waals surface area (Å²) in [6.45, 7) is 9.41. The predicted molar refractivity (Wildman–Crippen MR) is 70.2 cm³/mol. The van der Waals surface area contributed by atoms with E-state index in [1.54, 1.807) is 0 Å². The van der Waals surface area contributed by atoms with Gasteiger partial charge < -0.3 is 5.73 Å². The summed E-state index contributed by atoms with van der Waals surface area (Å²) in [6.07, 6.45) is 1.04. The summed E-state index contributed by atoms with van der Waals surface area (Å²) in [5.41, 5.74) is 9.92. The molecule has 0 aliphatic heterocycles. The van der Waals surface area contributed by atoms with Crippen molar-refractivity contribution in [3.05, 3.63) is 33.3 Å². The topological polar surface area (TPSA) is 26.0 Å². The van der Waals surface area contributed by atoms with E-state index in [1.165, 1.54) is 21.2 Å². The normalized spacial score (nSPS) is 11.9. The maximum atomic E-state index is 5.75. The lowest BCUT2D eigenvalue weighted by Gasteiger charge is -2.23. The zero-order valence-electron chi connectivity index (χ0n) is 10.0. The average molecular weight is 270 g/mol. The largest absolute Gasteiger partial charge is 0.330 e. The summed E-state index contributed by atoms with van der Waals surface area (Å²) in [6, 6.07) is 4.49. The van der Waals surface area contributed by atoms with E-state index in [-0.39, 0.29) is 5.41 Å². The Labute approximate surface area is 101 Å². The molecule has 0 fully saturated rings. The smallest absolute Gasteiger partial charge is 0.0233 e. The second-order valence-corrected chi connectivity index (χ2v) is 5.88. The Balaban J connectivity index is 2.98. The highest BCUT2D eigenvalue weighted by Crippen LogP contribution is 2.26. The van der Waals surface area contributed by atoms with Gasteiger partial charge in [-0.15, -0.1) is 0 Å². The minimum Gasteiger partial charge on any atom is -0.330 e. The summed E-state index contributed by atoms with van der Waals surface area (Å²) < 4.78 is 1.22. The lowest BCUT2D eigenvalue weighted by atomic mass is 9.85. The molecule has 1 nitrogen and oxygen atoms in total. The van der Waals surface area contributed by atoms with E-state index in [0.29, 0.717) is 0 Å². The van der Waals surface area contributed by atoms with Gasteiger partial charge in [0.1, 0.15) is 0 Å². The molecule has 0 heterocycles. The highest BCUT2D eigenvalue weighted by molar-refractivity contribution is 9.10. The SMILES string of the molecule is Cc1cc(CC(C)(C)CN)cc(C)c1Br. The Morgan fingerprint density at radius 3 is 2.07 bits per heavy atom. The Morgan fingerprint density at radius 2 is 1.67 bits per heavy atom. The Bertz CT molecular complexity index is 333. The second-order valence-electron chi connectivity index (χ2n) is 5.09. The molecule has 0 aliphatic carbocycles. The molecule has 0 saturated heterocycles. The summed E-state index contributed by atoms with van der Waals surface area (Å²) in [5, 5.41) is 0. The molecule has 2 N–H and O–H groups in total. The molecule has 0 aliphatic rings. The Morgan fingerprint density at radius 1 is 1.20 bits per heavy atom. The highest BCUT2D eigenvalue weighted by atomic mass is 79.9. The van der Waals surface area contributed by atoms with Crippen molar-refractivity contribution in [1.82, 2.24) is 0 Å². The third kappa shape index (κ3) is 3.32. The standard InChI is InChI=1S/C13H20BrN/c1-9-5-11(6-10(2)12(9)14)7-13(3,4)8-15/h5-6H,7-8,15H2,1-4H3. The molecule has 0 bridgehead atoms. The van der Waals surface area contributed by atoms with Gasteiger partial charge in [-0.2, -0.15) is 0 Å². The molecule has 0 radical (unpaired) electrons. The van der Waals surface area contributed by atoms with Crippen LogP contribution in [0.25, 0.3) is 0 Å². The Kier molecular flexibility index (Phi) is 3.96. The molecule has 1 rings (SSSR count). The van der Waals surface area contributed by atoms with E-state index in [4.69, 9.17) is 5.73 Å². The van der Waals surface area contributed by atoms with Gasteiger partial charge >= 0.3 is 0 Å². The van der Waals surface area contributed by atoms with E-state index < -0.39 is 0 Å². The zero-order chi connectivity index (χ0) is 11.6. The van der Waals surface area contributed by atoms with E-state index in [1.807, 2.05) is 0 Å². The zero-order valence-corrected chi connectivity index (χ0v) is 11.6. The molecule has 1 aromatic carbocycles. The van der Waals surface area contributed by atoms with Crippen LogP contribution in [0.15, 0.2) is 16.6 Å². The molecule has 0 saturated carbocycles. The lowest BCUT2D eigenvalue weighted by molar-refractivity contribution is 0.376. The Hall–Kier alpha value is -0.340. The van der Waals surface area contributed by atoms with Crippen molar-refractivity contribution in [2.75, 3.05) is 6.54 Å². The van der Waals surface area contributed by atoms with Gasteiger partial charge in [0.2, 0.25) is 0 Å². The number of hydrogen-bond acceptors (Lipinski definition) is 1. The van der Waals surface area contributed by atoms with Crippen molar-refractivity contribution in [3.8, 4) is 0 Å². The van der Waals surface area contributed by atoms with Crippen LogP contribution in [0.1, 0.15) is 30.5 Å². The molecule has 0 unspecified atom stereocenters. The van der Waals surface area contributed by atoms with Crippen molar-refractivity contribution in [1.29, 1.82) is 0 Å². The summed E-state index contributed by atoms with van der Waals surface area (Å²) in [5.74, 6) is 0. The molecular formula is C13H20BrN. The van der Waals surface area contributed by atoms with Crippen molar-refractivity contribution in [3.63, 3.8) is 0 Å². The number of nitrogens with two attached hydrogens (primary N) is 1. The van der Waals surface area contributed by atoms with Gasteiger partial charge in [0.15, 0.2) is 0 Å². The molecule has 84 valence electrons. The monoisotopic (exact) mass is 269 g/mol. The van der Waals surface area contributed by atoms with Crippen molar-refractivity contribution in [2.24, 2.45) is 11.1 Å². The van der Waals surface area contributed by atoms with Gasteiger partial charge in [0.05, 0.1) is 0 Å². The number of hydrogen-bond donors (Lipinski definition) is 1. The van der Waals surface area contributed by atoms with E-state index in [0.717, 1.165) is 13.0 Å². The fourth-order valence-corrected chi connectivity index (χ4v) is 1.99. The van der Waals surface area contributed by atoms with Crippen LogP contribution in [0.4, 0.5) is 0 Å². The minimum absolute atomic E-state index is 0.187. The summed E-state index contributed by atoms with van der Waals surface area (Å²) >= 11 is 3.59. The summed E-state index contributed by atoms with van der Waals surface area (Å²) in [4.78, 5) is 0. The van der Waals surface area contributed by atoms with Gasteiger partial charge in [-0.25, -0.2) is 0 Å². The fourth-order valence-electron chi connectivity index (χ4n) is 1.76. The number of benzene rings is 1. The fraction of sp³-hybridized carbons (Fsp3) is 0.538. The van der Waals surface area contributed by atoms with Crippen LogP contribution in [0.3, 0.4) is 0 Å². The molecule has 15 heavy (non-hydrogen) atoms. The average Bonchev–Trinajstić information content (AvgIpc) is 2.13. The maximum Gasteiger partial charge on any atom is 0.0233 e. The molecule has 0 amide bonds. The number of aryl methyl sites for hydroxylation is 2. The van der Waals surface area contributed by atoms with Gasteiger partial charge in [-0.3, -0.25) is 0 Å². The van der Waals surface area contributed by atoms with Gasteiger partial charge in [0.25, 0.3) is 0 Å². The van der Waals surface area contributed by atoms with Gasteiger partial charge in [0, 0.05) is 4.47 Å². The van der Waals surface area contributed by atoms with E-state index in [9.17, 15) is 0 Å². The van der Waals surface area contributed by atoms with Gasteiger partial charge in [-0.1, -0.05) is 41.9 Å². The van der Waals surface area contributed by atoms with Crippen LogP contribution in [0.5, 0.6) is 0 Å². The third-order valence-corrected chi connectivity index (χ3v) is 3.98. The molecule has 2 heteroatoms. The second kappa shape index (κ2) is 4.67. The molecule has 0 spiro atoms. The molecule has 0 atom stereocenters. The maximum absolute atomic E-state index is 5.75. The molecule has 1 aromatic rings. The number of halogens is 1. The van der Waals surface area contributed by atoms with E-state index >= 15 is 0 Å². The molecular weight excluding hydrogens is 250 g/mol. The van der Waals surface area contributed by atoms with Crippen molar-refractivity contribution in [2.45, 2.75) is 34.1 Å². The first-order valence-electron chi connectivity index (χ1n) is 5.31. The van der Waals surface area contributed by atoms with Crippen LogP contribution in [0.2, 0.25) is 0 Å². The van der Waals surface area contributed by atoms with Crippen LogP contribution >= 0.6 is 15.9 Å². The molecule has 0 aromatic heterocycles. The predicted octanol–water partition coefficient (Wildman–Crippen LogP) is 3.59. The highest BCUT2D eigenvalue weighted by Gasteiger charge is 2.16. The van der Waals surface area contributed by atoms with Gasteiger partial charge in [-0.05, 0) is 48.9 Å². The van der Waals surface area contributed by atoms with Crippen LogP contribution in [0, 0.1) is 19.3 Å². The van der Waals surface area contributed by atoms with Crippen molar-refractivity contribution >= 4 is 15.9 Å². The third-order valence-electron chi connectivity index (χ3n) is 2.73. The van der Waals surface area contributed by atoms with Crippen LogP contribution in [-0.2, 0) is 6.42 Å². The quantitative estimate of drug-likeness (QED) is 0.892.